The second-order valence-electron chi connectivity index (χ2n) is 5.92. The highest BCUT2D eigenvalue weighted by Crippen LogP contribution is 2.09. The van der Waals surface area contributed by atoms with E-state index in [9.17, 15) is 13.2 Å². The lowest BCUT2D eigenvalue weighted by molar-refractivity contribution is -0.121. The summed E-state index contributed by atoms with van der Waals surface area (Å²) in [5.74, 6) is -0.141. The van der Waals surface area contributed by atoms with Gasteiger partial charge in [0, 0.05) is 26.1 Å². The number of hydrogen-bond acceptors (Lipinski definition) is 3. The molecule has 0 spiro atoms. The van der Waals surface area contributed by atoms with Crippen LogP contribution in [0, 0.1) is 0 Å². The molecule has 5 nitrogen and oxygen atoms in total. The van der Waals surface area contributed by atoms with Gasteiger partial charge in [0.15, 0.2) is 0 Å². The number of nitrogens with one attached hydrogen (secondary N) is 1. The molecular weight excluding hydrogens is 336 g/mol. The summed E-state index contributed by atoms with van der Waals surface area (Å²) < 4.78 is 25.2. The fourth-order valence-electron chi connectivity index (χ4n) is 2.45. The molecule has 1 amide bonds. The van der Waals surface area contributed by atoms with Crippen LogP contribution in [0.3, 0.4) is 0 Å². The molecule has 0 unspecified atom stereocenters. The van der Waals surface area contributed by atoms with E-state index < -0.39 is 10.0 Å². The quantitative estimate of drug-likeness (QED) is 0.745. The van der Waals surface area contributed by atoms with Crippen LogP contribution in [0.15, 0.2) is 60.7 Å². The van der Waals surface area contributed by atoms with Crippen molar-refractivity contribution in [1.29, 1.82) is 0 Å². The van der Waals surface area contributed by atoms with Gasteiger partial charge in [0.25, 0.3) is 0 Å². The number of benzene rings is 2. The molecular formula is C19H24N2O3S. The maximum absolute atomic E-state index is 12.0. The summed E-state index contributed by atoms with van der Waals surface area (Å²) in [6, 6.07) is 19.3. The van der Waals surface area contributed by atoms with E-state index in [2.05, 4.69) is 5.32 Å². The van der Waals surface area contributed by atoms with Crippen molar-refractivity contribution in [2.45, 2.75) is 19.4 Å². The second-order valence-corrected chi connectivity index (χ2v) is 7.90. The summed E-state index contributed by atoms with van der Waals surface area (Å²) in [6.07, 6.45) is 2.07. The SMILES string of the molecule is CS(=O)(=O)N(CCC(=O)NCCc1ccccc1)Cc1ccccc1. The van der Waals surface area contributed by atoms with E-state index >= 15 is 0 Å². The van der Waals surface area contributed by atoms with Gasteiger partial charge in [0.1, 0.15) is 0 Å². The number of rotatable bonds is 9. The Bertz CT molecular complexity index is 762. The summed E-state index contributed by atoms with van der Waals surface area (Å²) >= 11 is 0. The number of nitrogens with zero attached hydrogens (tertiary/aromatic N) is 1. The lowest BCUT2D eigenvalue weighted by Gasteiger charge is -2.19. The standard InChI is InChI=1S/C19H24N2O3S/c1-25(23,24)21(16-18-10-6-3-7-11-18)15-13-19(22)20-14-12-17-8-4-2-5-9-17/h2-11H,12-16H2,1H3,(H,20,22). The number of amides is 1. The molecule has 0 heterocycles. The van der Waals surface area contributed by atoms with Gasteiger partial charge >= 0.3 is 0 Å². The number of hydrogen-bond donors (Lipinski definition) is 1. The van der Waals surface area contributed by atoms with E-state index in [4.69, 9.17) is 0 Å². The van der Waals surface area contributed by atoms with Gasteiger partial charge in [-0.15, -0.1) is 0 Å². The maximum Gasteiger partial charge on any atom is 0.221 e. The number of sulfonamides is 1. The molecule has 2 rings (SSSR count). The summed E-state index contributed by atoms with van der Waals surface area (Å²) in [5, 5.41) is 2.84. The Morgan fingerprint density at radius 1 is 0.960 bits per heavy atom. The molecule has 1 N–H and O–H groups in total. The maximum atomic E-state index is 12.0. The average molecular weight is 360 g/mol. The van der Waals surface area contributed by atoms with Gasteiger partial charge in [-0.3, -0.25) is 4.79 Å². The van der Waals surface area contributed by atoms with Crippen molar-refractivity contribution >= 4 is 15.9 Å². The Morgan fingerprint density at radius 3 is 2.08 bits per heavy atom. The minimum atomic E-state index is -3.37. The summed E-state index contributed by atoms with van der Waals surface area (Å²) in [5.41, 5.74) is 2.06. The normalized spacial score (nSPS) is 11.4. The van der Waals surface area contributed by atoms with E-state index in [1.807, 2.05) is 60.7 Å². The molecule has 0 saturated heterocycles. The first-order valence-corrected chi connectivity index (χ1v) is 10.1. The molecule has 25 heavy (non-hydrogen) atoms. The van der Waals surface area contributed by atoms with Crippen LogP contribution in [0.4, 0.5) is 0 Å². The van der Waals surface area contributed by atoms with Gasteiger partial charge in [-0.1, -0.05) is 60.7 Å². The van der Waals surface area contributed by atoms with Crippen LogP contribution in [-0.2, 0) is 27.8 Å². The van der Waals surface area contributed by atoms with E-state index in [1.165, 1.54) is 10.6 Å². The van der Waals surface area contributed by atoms with Crippen molar-refractivity contribution in [2.75, 3.05) is 19.3 Å². The van der Waals surface area contributed by atoms with Crippen molar-refractivity contribution < 1.29 is 13.2 Å². The predicted octanol–water partition coefficient (Wildman–Crippen LogP) is 2.20. The fourth-order valence-corrected chi connectivity index (χ4v) is 3.26. The molecule has 2 aromatic carbocycles. The highest BCUT2D eigenvalue weighted by atomic mass is 32.2. The van der Waals surface area contributed by atoms with Crippen molar-refractivity contribution in [3.63, 3.8) is 0 Å². The van der Waals surface area contributed by atoms with E-state index in [1.54, 1.807) is 0 Å². The van der Waals surface area contributed by atoms with Crippen LogP contribution in [-0.4, -0.2) is 38.0 Å². The van der Waals surface area contributed by atoms with Crippen LogP contribution in [0.5, 0.6) is 0 Å². The molecule has 0 aliphatic heterocycles. The third-order valence-corrected chi connectivity index (χ3v) is 5.09. The molecule has 0 aromatic heterocycles. The third kappa shape index (κ3) is 7.07. The van der Waals surface area contributed by atoms with Crippen LogP contribution in [0.1, 0.15) is 17.5 Å². The van der Waals surface area contributed by atoms with Crippen LogP contribution in [0.2, 0.25) is 0 Å². The summed E-state index contributed by atoms with van der Waals surface area (Å²) in [7, 11) is -3.37. The molecule has 0 radical (unpaired) electrons. The molecule has 0 saturated carbocycles. The van der Waals surface area contributed by atoms with E-state index in [-0.39, 0.29) is 25.4 Å². The largest absolute Gasteiger partial charge is 0.356 e. The Labute approximate surface area is 149 Å². The van der Waals surface area contributed by atoms with Gasteiger partial charge in [0.05, 0.1) is 6.26 Å². The first kappa shape index (κ1) is 19.1. The molecule has 0 aliphatic rings. The average Bonchev–Trinajstić information content (AvgIpc) is 2.59. The smallest absolute Gasteiger partial charge is 0.221 e. The molecule has 0 atom stereocenters. The van der Waals surface area contributed by atoms with Gasteiger partial charge < -0.3 is 5.32 Å². The third-order valence-electron chi connectivity index (χ3n) is 3.84. The Hall–Kier alpha value is -2.18. The zero-order valence-electron chi connectivity index (χ0n) is 14.4. The first-order chi connectivity index (χ1) is 11.9. The van der Waals surface area contributed by atoms with E-state index in [0.717, 1.165) is 17.5 Å². The fraction of sp³-hybridized carbons (Fsp3) is 0.316. The second kappa shape index (κ2) is 9.34. The monoisotopic (exact) mass is 360 g/mol. The van der Waals surface area contributed by atoms with Gasteiger partial charge in [-0.05, 0) is 17.5 Å². The highest BCUT2D eigenvalue weighted by Gasteiger charge is 2.18. The molecule has 6 heteroatoms. The lowest BCUT2D eigenvalue weighted by atomic mass is 10.1. The first-order valence-electron chi connectivity index (χ1n) is 8.25. The van der Waals surface area contributed by atoms with E-state index in [0.29, 0.717) is 6.54 Å². The van der Waals surface area contributed by atoms with Crippen LogP contribution >= 0.6 is 0 Å². The predicted molar refractivity (Wildman–Crippen MR) is 99.5 cm³/mol. The minimum absolute atomic E-state index is 0.141. The van der Waals surface area contributed by atoms with Gasteiger partial charge in [0.2, 0.25) is 15.9 Å². The lowest BCUT2D eigenvalue weighted by Crippen LogP contribution is -2.34. The Morgan fingerprint density at radius 2 is 1.52 bits per heavy atom. The summed E-state index contributed by atoms with van der Waals surface area (Å²) in [4.78, 5) is 12.0. The summed E-state index contributed by atoms with van der Waals surface area (Å²) in [6.45, 7) is 0.988. The molecule has 0 fully saturated rings. The van der Waals surface area contributed by atoms with Crippen molar-refractivity contribution in [3.8, 4) is 0 Å². The molecule has 0 aliphatic carbocycles. The number of carbonyl (C=O) groups excluding carboxylic acids is 1. The molecule has 0 bridgehead atoms. The molecule has 2 aromatic rings. The zero-order chi connectivity index (χ0) is 18.1. The molecule has 134 valence electrons. The van der Waals surface area contributed by atoms with Crippen molar-refractivity contribution in [1.82, 2.24) is 9.62 Å². The Kier molecular flexibility index (Phi) is 7.16. The van der Waals surface area contributed by atoms with Crippen molar-refractivity contribution in [2.24, 2.45) is 0 Å². The van der Waals surface area contributed by atoms with Gasteiger partial charge in [-0.25, -0.2) is 8.42 Å². The van der Waals surface area contributed by atoms with Crippen LogP contribution in [0.25, 0.3) is 0 Å². The van der Waals surface area contributed by atoms with Crippen molar-refractivity contribution in [3.05, 3.63) is 71.8 Å². The minimum Gasteiger partial charge on any atom is -0.356 e. The van der Waals surface area contributed by atoms with Gasteiger partial charge in [-0.2, -0.15) is 4.31 Å². The Balaban J connectivity index is 1.80. The highest BCUT2D eigenvalue weighted by molar-refractivity contribution is 7.88. The van der Waals surface area contributed by atoms with Crippen LogP contribution < -0.4 is 5.32 Å². The zero-order valence-corrected chi connectivity index (χ0v) is 15.2. The number of carbonyl (C=O) groups is 1. The topological polar surface area (TPSA) is 66.5 Å².